The Morgan fingerprint density at radius 3 is 2.27 bits per heavy atom. The molecule has 230 valence electrons. The zero-order valence-corrected chi connectivity index (χ0v) is 25.7. The fourth-order valence-electron chi connectivity index (χ4n) is 4.91. The van der Waals surface area contributed by atoms with Crippen molar-refractivity contribution in [3.05, 3.63) is 100 Å². The van der Waals surface area contributed by atoms with Crippen LogP contribution in [0.15, 0.2) is 98.9 Å². The smallest absolute Gasteiger partial charge is 0.262 e. The van der Waals surface area contributed by atoms with E-state index in [2.05, 4.69) is 15.1 Å². The zero-order chi connectivity index (χ0) is 31.7. The second-order valence-corrected chi connectivity index (χ2v) is 12.5. The molecule has 15 heteroatoms. The number of fused-ring (bicyclic) bond motifs is 1. The number of nitrogens with zero attached hydrogens (tertiary/aromatic N) is 5. The molecule has 0 radical (unpaired) electrons. The van der Waals surface area contributed by atoms with Crippen LogP contribution in [-0.2, 0) is 14.8 Å². The van der Waals surface area contributed by atoms with Gasteiger partial charge in [-0.1, -0.05) is 23.9 Å². The van der Waals surface area contributed by atoms with Crippen molar-refractivity contribution in [2.75, 3.05) is 20.0 Å². The molecule has 3 N–H and O–H groups in total. The highest BCUT2D eigenvalue weighted by molar-refractivity contribution is 7.99. The number of benzene rings is 3. The lowest BCUT2D eigenvalue weighted by atomic mass is 9.98. The molecule has 13 nitrogen and oxygen atoms in total. The van der Waals surface area contributed by atoms with E-state index in [4.69, 9.17) is 19.7 Å². The van der Waals surface area contributed by atoms with Crippen molar-refractivity contribution in [1.29, 1.82) is 0 Å². The van der Waals surface area contributed by atoms with Crippen molar-refractivity contribution in [3.8, 4) is 17.2 Å². The van der Waals surface area contributed by atoms with Gasteiger partial charge in [0.15, 0.2) is 10.8 Å². The topological polar surface area (TPSA) is 175 Å². The van der Waals surface area contributed by atoms with Crippen LogP contribution in [0.2, 0.25) is 0 Å². The molecule has 3 heterocycles. The molecule has 1 atom stereocenters. The van der Waals surface area contributed by atoms with Gasteiger partial charge in [-0.15, -0.1) is 0 Å². The first kappa shape index (κ1) is 30.1. The van der Waals surface area contributed by atoms with Crippen LogP contribution in [-0.4, -0.2) is 64.8 Å². The zero-order valence-electron chi connectivity index (χ0n) is 24.1. The Balaban J connectivity index is 1.26. The summed E-state index contributed by atoms with van der Waals surface area (Å²) in [6.07, 6.45) is 1.87. The SMILES string of the molecule is COc1ccc(C2=NN(C(=O)CSc3nc4c(cnn4-c4ccc(S(N)(=O)=O)cc4)c(=O)[nH]3)[C@@H](c3ccc(OC)cc3)C2)cc1. The summed E-state index contributed by atoms with van der Waals surface area (Å²) in [5, 5.41) is 16.1. The van der Waals surface area contributed by atoms with E-state index in [0.717, 1.165) is 28.6 Å². The van der Waals surface area contributed by atoms with Gasteiger partial charge in [0, 0.05) is 6.42 Å². The Hall–Kier alpha value is -4.99. The molecular weight excluding hydrogens is 619 g/mol. The number of ether oxygens (including phenoxy) is 2. The maximum Gasteiger partial charge on any atom is 0.262 e. The predicted molar refractivity (Wildman–Crippen MR) is 168 cm³/mol. The molecule has 0 spiro atoms. The van der Waals surface area contributed by atoms with Gasteiger partial charge in [0.1, 0.15) is 16.9 Å². The van der Waals surface area contributed by atoms with Gasteiger partial charge in [-0.3, -0.25) is 9.59 Å². The lowest BCUT2D eigenvalue weighted by Gasteiger charge is -2.22. The number of nitrogens with one attached hydrogen (secondary N) is 1. The van der Waals surface area contributed by atoms with Gasteiger partial charge in [0.25, 0.3) is 11.5 Å². The van der Waals surface area contributed by atoms with E-state index >= 15 is 0 Å². The number of methoxy groups -OCH3 is 2. The lowest BCUT2D eigenvalue weighted by Crippen LogP contribution is -2.28. The van der Waals surface area contributed by atoms with Gasteiger partial charge in [0.05, 0.1) is 48.5 Å². The summed E-state index contributed by atoms with van der Waals surface area (Å²) >= 11 is 1.06. The van der Waals surface area contributed by atoms with E-state index in [1.165, 1.54) is 40.2 Å². The number of aromatic amines is 1. The van der Waals surface area contributed by atoms with Gasteiger partial charge >= 0.3 is 0 Å². The summed E-state index contributed by atoms with van der Waals surface area (Å²) in [4.78, 5) is 33.7. The van der Waals surface area contributed by atoms with Crippen LogP contribution in [0.3, 0.4) is 0 Å². The number of carbonyl (C=O) groups excluding carboxylic acids is 1. The number of sulfonamides is 1. The van der Waals surface area contributed by atoms with Crippen LogP contribution in [0.5, 0.6) is 11.5 Å². The maximum absolute atomic E-state index is 13.7. The Kier molecular flexibility index (Phi) is 8.14. The van der Waals surface area contributed by atoms with E-state index in [0.29, 0.717) is 23.6 Å². The molecule has 0 unspecified atom stereocenters. The number of amides is 1. The molecule has 6 rings (SSSR count). The number of nitrogens with two attached hydrogens (primary N) is 1. The molecule has 0 bridgehead atoms. The maximum atomic E-state index is 13.7. The monoisotopic (exact) mass is 645 g/mol. The van der Waals surface area contributed by atoms with Crippen molar-refractivity contribution in [2.24, 2.45) is 10.2 Å². The molecule has 0 saturated carbocycles. The highest BCUT2D eigenvalue weighted by atomic mass is 32.2. The first-order valence-corrected chi connectivity index (χ1v) is 16.1. The van der Waals surface area contributed by atoms with Crippen LogP contribution in [0.4, 0.5) is 0 Å². The van der Waals surface area contributed by atoms with E-state index < -0.39 is 15.6 Å². The van der Waals surface area contributed by atoms with Gasteiger partial charge in [-0.05, 0) is 71.8 Å². The fraction of sp³-hybridized carbons (Fsp3) is 0.167. The van der Waals surface area contributed by atoms with Gasteiger partial charge < -0.3 is 14.5 Å². The molecule has 0 aliphatic carbocycles. The van der Waals surface area contributed by atoms with Crippen LogP contribution in [0.1, 0.15) is 23.6 Å². The molecule has 45 heavy (non-hydrogen) atoms. The number of hydrogen-bond donors (Lipinski definition) is 2. The normalized spacial score (nSPS) is 14.9. The summed E-state index contributed by atoms with van der Waals surface area (Å²) in [7, 11) is -0.682. The van der Waals surface area contributed by atoms with Crippen molar-refractivity contribution >= 4 is 44.4 Å². The fourth-order valence-corrected chi connectivity index (χ4v) is 6.14. The first-order valence-electron chi connectivity index (χ1n) is 13.6. The van der Waals surface area contributed by atoms with Gasteiger partial charge in [0.2, 0.25) is 10.0 Å². The average Bonchev–Trinajstić information content (AvgIpc) is 3.69. The number of H-pyrrole nitrogens is 1. The molecule has 0 saturated heterocycles. The Morgan fingerprint density at radius 1 is 1.00 bits per heavy atom. The number of aromatic nitrogens is 4. The molecule has 1 amide bonds. The highest BCUT2D eigenvalue weighted by Gasteiger charge is 2.33. The third-order valence-electron chi connectivity index (χ3n) is 7.25. The van der Waals surface area contributed by atoms with Gasteiger partial charge in [-0.25, -0.2) is 28.2 Å². The van der Waals surface area contributed by atoms with Crippen LogP contribution >= 0.6 is 11.8 Å². The quantitative estimate of drug-likeness (QED) is 0.180. The first-order chi connectivity index (χ1) is 21.6. The summed E-state index contributed by atoms with van der Waals surface area (Å²) in [5.41, 5.74) is 2.81. The highest BCUT2D eigenvalue weighted by Crippen LogP contribution is 2.34. The minimum Gasteiger partial charge on any atom is -0.497 e. The average molecular weight is 646 g/mol. The molecule has 1 aliphatic rings. The van der Waals surface area contributed by atoms with Crippen LogP contribution in [0, 0.1) is 0 Å². The largest absolute Gasteiger partial charge is 0.497 e. The van der Waals surface area contributed by atoms with Crippen LogP contribution in [0.25, 0.3) is 16.7 Å². The van der Waals surface area contributed by atoms with Crippen molar-refractivity contribution in [2.45, 2.75) is 22.5 Å². The summed E-state index contributed by atoms with van der Waals surface area (Å²) in [5.74, 6) is 1.08. The van der Waals surface area contributed by atoms with Crippen molar-refractivity contribution in [3.63, 3.8) is 0 Å². The number of primary sulfonamides is 1. The number of hydrazone groups is 1. The number of rotatable bonds is 9. The molecular formula is C30H27N7O6S2. The van der Waals surface area contributed by atoms with E-state index in [1.54, 1.807) is 14.2 Å². The molecule has 1 aliphatic heterocycles. The second-order valence-electron chi connectivity index (χ2n) is 10.00. The summed E-state index contributed by atoms with van der Waals surface area (Å²) in [6, 6.07) is 20.4. The molecule has 3 aromatic carbocycles. The van der Waals surface area contributed by atoms with Crippen LogP contribution < -0.4 is 20.2 Å². The Bertz CT molecular complexity index is 2080. The Labute approximate surface area is 261 Å². The molecule has 2 aromatic heterocycles. The standard InChI is InChI=1S/C30H27N7O6S2/c1-42-21-9-3-18(4-10-21)25-15-26(19-5-11-22(43-2)12-6-19)37(35-25)27(38)17-44-30-33-28-24(29(39)34-30)16-32-36(28)20-7-13-23(14-8-20)45(31,40)41/h3-14,16,26H,15,17H2,1-2H3,(H2,31,40,41)(H,33,34,39)/t26-/m1/s1. The van der Waals surface area contributed by atoms with E-state index in [1.807, 2.05) is 48.5 Å². The third-order valence-corrected chi connectivity index (χ3v) is 9.04. The van der Waals surface area contributed by atoms with Crippen molar-refractivity contribution in [1.82, 2.24) is 24.8 Å². The number of thioether (sulfide) groups is 1. The predicted octanol–water partition coefficient (Wildman–Crippen LogP) is 3.24. The molecule has 5 aromatic rings. The van der Waals surface area contributed by atoms with E-state index in [-0.39, 0.29) is 38.8 Å². The minimum absolute atomic E-state index is 0.0578. The Morgan fingerprint density at radius 2 is 1.64 bits per heavy atom. The summed E-state index contributed by atoms with van der Waals surface area (Å²) in [6.45, 7) is 0. The lowest BCUT2D eigenvalue weighted by molar-refractivity contribution is -0.130. The minimum atomic E-state index is -3.87. The summed E-state index contributed by atoms with van der Waals surface area (Å²) < 4.78 is 35.3. The van der Waals surface area contributed by atoms with E-state index in [9.17, 15) is 18.0 Å². The number of hydrogen-bond acceptors (Lipinski definition) is 10. The number of carbonyl (C=O) groups is 1. The second kappa shape index (κ2) is 12.2. The third kappa shape index (κ3) is 6.18. The molecule has 0 fully saturated rings. The van der Waals surface area contributed by atoms with Crippen molar-refractivity contribution < 1.29 is 22.7 Å². The van der Waals surface area contributed by atoms with Gasteiger partial charge in [-0.2, -0.15) is 10.2 Å².